The summed E-state index contributed by atoms with van der Waals surface area (Å²) in [6.07, 6.45) is 1.47. The van der Waals surface area contributed by atoms with Crippen molar-refractivity contribution in [2.24, 2.45) is 0 Å². The number of ether oxygens (including phenoxy) is 4. The zero-order chi connectivity index (χ0) is 24.3. The maximum absolute atomic E-state index is 11.3. The number of carboxylic acids is 1. The van der Waals surface area contributed by atoms with Gasteiger partial charge in [0.05, 0.1) is 14.2 Å². The topological polar surface area (TPSA) is 74.2 Å². The predicted octanol–water partition coefficient (Wildman–Crippen LogP) is 5.25. The van der Waals surface area contributed by atoms with Crippen molar-refractivity contribution in [3.8, 4) is 17.2 Å². The summed E-state index contributed by atoms with van der Waals surface area (Å²) in [6, 6.07) is 23.1. The van der Waals surface area contributed by atoms with E-state index in [2.05, 4.69) is 0 Å². The van der Waals surface area contributed by atoms with Gasteiger partial charge in [0.15, 0.2) is 6.10 Å². The monoisotopic (exact) mass is 462 g/mol. The molecule has 178 valence electrons. The second-order valence-corrected chi connectivity index (χ2v) is 7.52. The molecule has 0 radical (unpaired) electrons. The first-order valence-corrected chi connectivity index (χ1v) is 11.1. The summed E-state index contributed by atoms with van der Waals surface area (Å²) >= 11 is 0. The molecule has 0 fully saturated rings. The van der Waals surface area contributed by atoms with Gasteiger partial charge in [-0.1, -0.05) is 36.4 Å². The molecule has 0 saturated heterocycles. The highest BCUT2D eigenvalue weighted by molar-refractivity contribution is 5.81. The lowest BCUT2D eigenvalue weighted by molar-refractivity contribution is -0.149. The van der Waals surface area contributed by atoms with Crippen LogP contribution in [-0.2, 0) is 16.0 Å². The number of carboxylic acid groups (broad SMARTS) is 1. The summed E-state index contributed by atoms with van der Waals surface area (Å²) in [5.41, 5.74) is 3.87. The number of rotatable bonds is 12. The van der Waals surface area contributed by atoms with Crippen molar-refractivity contribution in [1.82, 2.24) is 0 Å². The Morgan fingerprint density at radius 1 is 0.882 bits per heavy atom. The molecule has 34 heavy (non-hydrogen) atoms. The van der Waals surface area contributed by atoms with Crippen LogP contribution in [0.1, 0.15) is 23.6 Å². The second kappa shape index (κ2) is 12.5. The number of hydrogen-bond donors (Lipinski definition) is 1. The van der Waals surface area contributed by atoms with E-state index in [0.29, 0.717) is 25.4 Å². The van der Waals surface area contributed by atoms with Crippen molar-refractivity contribution < 1.29 is 28.8 Å². The zero-order valence-corrected chi connectivity index (χ0v) is 19.7. The molecule has 1 N–H and O–H groups in total. The molecule has 6 nitrogen and oxygen atoms in total. The molecular weight excluding hydrogens is 432 g/mol. The first kappa shape index (κ1) is 24.9. The molecule has 6 heteroatoms. The zero-order valence-electron chi connectivity index (χ0n) is 19.7. The molecule has 0 spiro atoms. The van der Waals surface area contributed by atoms with E-state index in [1.54, 1.807) is 21.1 Å². The number of hydrogen-bond acceptors (Lipinski definition) is 5. The smallest absolute Gasteiger partial charge is 0.333 e. The van der Waals surface area contributed by atoms with Crippen molar-refractivity contribution in [3.05, 3.63) is 95.6 Å². The van der Waals surface area contributed by atoms with Crippen LogP contribution in [0.2, 0.25) is 0 Å². The summed E-state index contributed by atoms with van der Waals surface area (Å²) in [5.74, 6) is 1.28. The van der Waals surface area contributed by atoms with Gasteiger partial charge >= 0.3 is 5.97 Å². The van der Waals surface area contributed by atoms with Gasteiger partial charge in [0, 0.05) is 13.0 Å². The third-order valence-corrected chi connectivity index (χ3v) is 5.29. The van der Waals surface area contributed by atoms with Gasteiger partial charge in [-0.05, 0) is 71.7 Å². The van der Waals surface area contributed by atoms with E-state index in [9.17, 15) is 9.90 Å². The van der Waals surface area contributed by atoms with Gasteiger partial charge in [0.25, 0.3) is 0 Å². The minimum Gasteiger partial charge on any atom is -0.497 e. The maximum Gasteiger partial charge on any atom is 0.333 e. The van der Waals surface area contributed by atoms with Gasteiger partial charge in [-0.15, -0.1) is 0 Å². The number of methoxy groups -OCH3 is 2. The number of aliphatic carboxylic acids is 1. The summed E-state index contributed by atoms with van der Waals surface area (Å²) in [6.45, 7) is 2.49. The third-order valence-electron chi connectivity index (χ3n) is 5.29. The molecule has 0 heterocycles. The van der Waals surface area contributed by atoms with E-state index in [-0.39, 0.29) is 0 Å². The largest absolute Gasteiger partial charge is 0.497 e. The molecule has 3 rings (SSSR count). The Balaban J connectivity index is 1.77. The van der Waals surface area contributed by atoms with Crippen LogP contribution in [0.5, 0.6) is 17.2 Å². The van der Waals surface area contributed by atoms with Gasteiger partial charge in [-0.25, -0.2) is 4.79 Å². The Morgan fingerprint density at radius 3 is 1.97 bits per heavy atom. The fourth-order valence-corrected chi connectivity index (χ4v) is 3.56. The summed E-state index contributed by atoms with van der Waals surface area (Å²) in [7, 11) is 3.29. The molecule has 0 aliphatic heterocycles. The summed E-state index contributed by atoms with van der Waals surface area (Å²) in [5, 5.41) is 9.27. The fourth-order valence-electron chi connectivity index (χ4n) is 3.56. The predicted molar refractivity (Wildman–Crippen MR) is 132 cm³/mol. The Kier molecular flexibility index (Phi) is 9.12. The first-order valence-electron chi connectivity index (χ1n) is 11.1. The van der Waals surface area contributed by atoms with Crippen LogP contribution in [0.15, 0.2) is 78.9 Å². The van der Waals surface area contributed by atoms with E-state index in [1.165, 1.54) is 0 Å². The lowest BCUT2D eigenvalue weighted by Gasteiger charge is -2.13. The fraction of sp³-hybridized carbons (Fsp3) is 0.250. The van der Waals surface area contributed by atoms with E-state index in [1.807, 2.05) is 78.9 Å². The Labute approximate surface area is 200 Å². The molecule has 0 aromatic heterocycles. The normalized spacial score (nSPS) is 11.4. The summed E-state index contributed by atoms with van der Waals surface area (Å²) < 4.78 is 22.0. The molecule has 3 aromatic carbocycles. The quantitative estimate of drug-likeness (QED) is 0.396. The van der Waals surface area contributed by atoms with Gasteiger partial charge in [0.2, 0.25) is 0 Å². The van der Waals surface area contributed by atoms with Crippen LogP contribution in [0, 0.1) is 0 Å². The molecule has 0 aliphatic carbocycles. The van der Waals surface area contributed by atoms with E-state index in [0.717, 1.165) is 33.8 Å². The summed E-state index contributed by atoms with van der Waals surface area (Å²) in [4.78, 5) is 11.3. The van der Waals surface area contributed by atoms with Crippen LogP contribution in [0.4, 0.5) is 0 Å². The molecule has 1 unspecified atom stereocenters. The SMILES string of the molecule is CCOC(Cc1ccc(OCC=C(c2cccc(OC)c2)c2cccc(OC)c2)cc1)C(=O)O. The van der Waals surface area contributed by atoms with Crippen LogP contribution in [0.25, 0.3) is 5.57 Å². The molecule has 0 bridgehead atoms. The average molecular weight is 463 g/mol. The van der Waals surface area contributed by atoms with Crippen molar-refractivity contribution in [1.29, 1.82) is 0 Å². The highest BCUT2D eigenvalue weighted by atomic mass is 16.5. The van der Waals surface area contributed by atoms with Crippen LogP contribution in [0.3, 0.4) is 0 Å². The lowest BCUT2D eigenvalue weighted by Crippen LogP contribution is -2.26. The number of carbonyl (C=O) groups is 1. The molecular formula is C28H30O6. The Hall–Kier alpha value is -3.77. The van der Waals surface area contributed by atoms with Gasteiger partial charge < -0.3 is 24.1 Å². The highest BCUT2D eigenvalue weighted by Gasteiger charge is 2.17. The lowest BCUT2D eigenvalue weighted by atomic mass is 9.97. The maximum atomic E-state index is 11.3. The van der Waals surface area contributed by atoms with Gasteiger partial charge in [-0.3, -0.25) is 0 Å². The highest BCUT2D eigenvalue weighted by Crippen LogP contribution is 2.28. The van der Waals surface area contributed by atoms with Crippen LogP contribution >= 0.6 is 0 Å². The van der Waals surface area contributed by atoms with Crippen molar-refractivity contribution in [2.45, 2.75) is 19.4 Å². The molecule has 0 amide bonds. The molecule has 0 aliphatic rings. The minimum atomic E-state index is -0.963. The second-order valence-electron chi connectivity index (χ2n) is 7.52. The van der Waals surface area contributed by atoms with E-state index < -0.39 is 12.1 Å². The molecule has 1 atom stereocenters. The molecule has 0 saturated carbocycles. The minimum absolute atomic E-state index is 0.305. The van der Waals surface area contributed by atoms with Crippen molar-refractivity contribution in [2.75, 3.05) is 27.4 Å². The van der Waals surface area contributed by atoms with Crippen molar-refractivity contribution in [3.63, 3.8) is 0 Å². The number of benzene rings is 3. The van der Waals surface area contributed by atoms with Gasteiger partial charge in [0.1, 0.15) is 23.9 Å². The van der Waals surface area contributed by atoms with Crippen LogP contribution in [-0.4, -0.2) is 44.6 Å². The third kappa shape index (κ3) is 6.86. The first-order chi connectivity index (χ1) is 16.5. The van der Waals surface area contributed by atoms with E-state index in [4.69, 9.17) is 18.9 Å². The Bertz CT molecular complexity index is 1050. The van der Waals surface area contributed by atoms with Crippen LogP contribution < -0.4 is 14.2 Å². The average Bonchev–Trinajstić information content (AvgIpc) is 2.87. The Morgan fingerprint density at radius 2 is 1.47 bits per heavy atom. The standard InChI is InChI=1S/C28H30O6/c1-4-33-27(28(29)30)17-20-11-13-23(14-12-20)34-16-15-26(21-7-5-9-24(18-21)31-2)22-8-6-10-25(19-22)32-3/h5-15,18-19,27H,4,16-17H2,1-3H3,(H,29,30). The van der Waals surface area contributed by atoms with Gasteiger partial charge in [-0.2, -0.15) is 0 Å². The van der Waals surface area contributed by atoms with E-state index >= 15 is 0 Å². The molecule has 3 aromatic rings. The van der Waals surface area contributed by atoms with Crippen molar-refractivity contribution >= 4 is 11.5 Å².